The topological polar surface area (TPSA) is 127 Å². The standard InChI is InChI=1S/C34H38N8O4/c1-4-41-33-27(21-36-42(33)26-11-6-5-7-12-26)29(30(34(41)45)37-32(44)28-13-14-39(3)38-28)25-10-8-9-24(19-25)20-35-31(43)23(2)22-40-15-17-46-18-16-40/h5-14,19,21,29-30H,2,4,15-18,20,22H2,1,3H3,(H,35,43)(H,37,44)/t29-,30+/m1/s1. The van der Waals surface area contributed by atoms with Gasteiger partial charge in [0.05, 0.1) is 25.1 Å². The number of carbonyl (C=O) groups excluding carboxylic acids is 3. The van der Waals surface area contributed by atoms with Gasteiger partial charge in [0, 0.05) is 63.0 Å². The highest BCUT2D eigenvalue weighted by Gasteiger charge is 2.44. The number of anilines is 1. The molecule has 6 rings (SSSR count). The Morgan fingerprint density at radius 3 is 2.57 bits per heavy atom. The van der Waals surface area contributed by atoms with Gasteiger partial charge in [-0.3, -0.25) is 28.9 Å². The summed E-state index contributed by atoms with van der Waals surface area (Å²) in [5.41, 5.74) is 3.99. The highest BCUT2D eigenvalue weighted by atomic mass is 16.5. The molecule has 46 heavy (non-hydrogen) atoms. The molecule has 0 bridgehead atoms. The van der Waals surface area contributed by atoms with Gasteiger partial charge in [0.2, 0.25) is 5.91 Å². The van der Waals surface area contributed by atoms with Gasteiger partial charge in [-0.2, -0.15) is 10.2 Å². The quantitative estimate of drug-likeness (QED) is 0.260. The van der Waals surface area contributed by atoms with Crippen LogP contribution in [0.15, 0.2) is 85.2 Å². The van der Waals surface area contributed by atoms with E-state index in [9.17, 15) is 14.4 Å². The molecule has 1 fully saturated rings. The van der Waals surface area contributed by atoms with Crippen LogP contribution in [0.3, 0.4) is 0 Å². The van der Waals surface area contributed by atoms with Gasteiger partial charge < -0.3 is 15.4 Å². The Balaban J connectivity index is 1.31. The SMILES string of the molecule is C=C(CN1CCOCC1)C(=O)NCc1cccc([C@@H]2c3cnn(-c4ccccc4)c3N(CC)C(=O)[C@H]2NC(=O)c2ccn(C)n2)c1. The maximum atomic E-state index is 14.3. The number of fused-ring (bicyclic) bond motifs is 1. The van der Waals surface area contributed by atoms with Crippen LogP contribution < -0.4 is 15.5 Å². The van der Waals surface area contributed by atoms with E-state index in [1.165, 1.54) is 0 Å². The number of morpholine rings is 1. The third-order valence-electron chi connectivity index (χ3n) is 8.38. The number of hydrogen-bond acceptors (Lipinski definition) is 7. The number of rotatable bonds is 10. The summed E-state index contributed by atoms with van der Waals surface area (Å²) in [4.78, 5) is 44.4. The van der Waals surface area contributed by atoms with Gasteiger partial charge in [0.1, 0.15) is 17.6 Å². The summed E-state index contributed by atoms with van der Waals surface area (Å²) in [7, 11) is 1.73. The van der Waals surface area contributed by atoms with Crippen molar-refractivity contribution in [3.63, 3.8) is 0 Å². The zero-order valence-corrected chi connectivity index (χ0v) is 26.1. The maximum Gasteiger partial charge on any atom is 0.272 e. The maximum absolute atomic E-state index is 14.3. The molecule has 2 atom stereocenters. The Morgan fingerprint density at radius 2 is 1.85 bits per heavy atom. The number of ether oxygens (including phenoxy) is 1. The number of para-hydroxylation sites is 1. The Morgan fingerprint density at radius 1 is 1.07 bits per heavy atom. The van der Waals surface area contributed by atoms with Crippen molar-refractivity contribution >= 4 is 23.5 Å². The summed E-state index contributed by atoms with van der Waals surface area (Å²) >= 11 is 0. The lowest BCUT2D eigenvalue weighted by Gasteiger charge is -2.38. The van der Waals surface area contributed by atoms with Crippen molar-refractivity contribution in [1.29, 1.82) is 0 Å². The van der Waals surface area contributed by atoms with E-state index in [-0.39, 0.29) is 24.1 Å². The van der Waals surface area contributed by atoms with Crippen molar-refractivity contribution in [1.82, 2.24) is 35.1 Å². The Labute approximate surface area is 267 Å². The smallest absolute Gasteiger partial charge is 0.272 e. The van der Waals surface area contributed by atoms with Crippen LogP contribution in [0, 0.1) is 0 Å². The zero-order valence-electron chi connectivity index (χ0n) is 26.1. The molecule has 2 aliphatic heterocycles. The molecule has 12 heteroatoms. The van der Waals surface area contributed by atoms with Crippen molar-refractivity contribution in [3.05, 3.63) is 108 Å². The van der Waals surface area contributed by atoms with Crippen molar-refractivity contribution in [2.75, 3.05) is 44.3 Å². The largest absolute Gasteiger partial charge is 0.379 e. The van der Waals surface area contributed by atoms with E-state index in [1.807, 2.05) is 61.5 Å². The van der Waals surface area contributed by atoms with E-state index in [4.69, 9.17) is 9.84 Å². The van der Waals surface area contributed by atoms with E-state index < -0.39 is 17.9 Å². The van der Waals surface area contributed by atoms with Crippen LogP contribution in [0.4, 0.5) is 5.82 Å². The van der Waals surface area contributed by atoms with Crippen molar-refractivity contribution in [3.8, 4) is 5.69 Å². The number of hydrogen-bond donors (Lipinski definition) is 2. The fraction of sp³-hybridized carbons (Fsp3) is 0.324. The van der Waals surface area contributed by atoms with Gasteiger partial charge in [0.25, 0.3) is 11.8 Å². The van der Waals surface area contributed by atoms with Crippen LogP contribution in [0.1, 0.15) is 40.0 Å². The first-order valence-corrected chi connectivity index (χ1v) is 15.4. The summed E-state index contributed by atoms with van der Waals surface area (Å²) in [5, 5.41) is 14.9. The molecule has 12 nitrogen and oxygen atoms in total. The highest BCUT2D eigenvalue weighted by Crippen LogP contribution is 2.41. The molecule has 4 aromatic rings. The molecular weight excluding hydrogens is 584 g/mol. The van der Waals surface area contributed by atoms with Crippen molar-refractivity contribution in [2.24, 2.45) is 7.05 Å². The molecule has 4 heterocycles. The third kappa shape index (κ3) is 6.35. The molecule has 2 N–H and O–H groups in total. The number of amides is 3. The highest BCUT2D eigenvalue weighted by molar-refractivity contribution is 6.04. The lowest BCUT2D eigenvalue weighted by Crippen LogP contribution is -2.55. The van der Waals surface area contributed by atoms with Crippen LogP contribution in [-0.2, 0) is 27.9 Å². The molecule has 238 valence electrons. The minimum Gasteiger partial charge on any atom is -0.379 e. The summed E-state index contributed by atoms with van der Waals surface area (Å²) in [6.45, 7) is 9.88. The molecule has 2 aromatic heterocycles. The van der Waals surface area contributed by atoms with E-state index in [1.54, 1.807) is 39.8 Å². The van der Waals surface area contributed by atoms with Gasteiger partial charge in [-0.1, -0.05) is 49.0 Å². The number of likely N-dealkylation sites (N-methyl/N-ethyl adjacent to an activating group) is 1. The Bertz CT molecular complexity index is 1740. The first-order valence-electron chi connectivity index (χ1n) is 15.4. The third-order valence-corrected chi connectivity index (χ3v) is 8.38. The first-order chi connectivity index (χ1) is 22.3. The van der Waals surface area contributed by atoms with Gasteiger partial charge >= 0.3 is 0 Å². The Kier molecular flexibility index (Phi) is 9.08. The number of carbonyl (C=O) groups is 3. The molecule has 0 radical (unpaired) electrons. The molecular formula is C34H38N8O4. The second-order valence-corrected chi connectivity index (χ2v) is 11.5. The second-order valence-electron chi connectivity index (χ2n) is 11.5. The normalized spacial score (nSPS) is 18.2. The lowest BCUT2D eigenvalue weighted by atomic mass is 9.82. The van der Waals surface area contributed by atoms with Crippen LogP contribution in [0.25, 0.3) is 5.69 Å². The van der Waals surface area contributed by atoms with E-state index >= 15 is 0 Å². The zero-order chi connectivity index (χ0) is 32.2. The number of aromatic nitrogens is 4. The van der Waals surface area contributed by atoms with Crippen LogP contribution in [0.2, 0.25) is 0 Å². The van der Waals surface area contributed by atoms with Gasteiger partial charge in [-0.05, 0) is 36.2 Å². The lowest BCUT2D eigenvalue weighted by molar-refractivity contribution is -0.121. The number of benzene rings is 2. The van der Waals surface area contributed by atoms with E-state index in [2.05, 4.69) is 27.2 Å². The van der Waals surface area contributed by atoms with Crippen LogP contribution in [-0.4, -0.2) is 87.6 Å². The summed E-state index contributed by atoms with van der Waals surface area (Å²) < 4.78 is 8.71. The van der Waals surface area contributed by atoms with Gasteiger partial charge in [0.15, 0.2) is 0 Å². The molecule has 2 aromatic carbocycles. The van der Waals surface area contributed by atoms with E-state index in [0.29, 0.717) is 37.7 Å². The molecule has 1 saturated heterocycles. The monoisotopic (exact) mass is 622 g/mol. The summed E-state index contributed by atoms with van der Waals surface area (Å²) in [6, 6.07) is 18.1. The van der Waals surface area contributed by atoms with E-state index in [0.717, 1.165) is 35.5 Å². The molecule has 0 spiro atoms. The van der Waals surface area contributed by atoms with Gasteiger partial charge in [-0.15, -0.1) is 0 Å². The number of nitrogens with zero attached hydrogens (tertiary/aromatic N) is 6. The summed E-state index contributed by atoms with van der Waals surface area (Å²) in [6.07, 6.45) is 3.45. The molecule has 0 aliphatic carbocycles. The molecule has 3 amide bonds. The molecule has 0 unspecified atom stereocenters. The second kappa shape index (κ2) is 13.5. The van der Waals surface area contributed by atoms with Gasteiger partial charge in [-0.25, -0.2) is 4.68 Å². The average Bonchev–Trinajstić information content (AvgIpc) is 3.72. The Hall–Kier alpha value is -5.07. The molecule has 2 aliphatic rings. The minimum atomic E-state index is -0.923. The fourth-order valence-corrected chi connectivity index (χ4v) is 6.08. The molecule has 0 saturated carbocycles. The summed E-state index contributed by atoms with van der Waals surface area (Å²) in [5.74, 6) is -0.802. The predicted octanol–water partition coefficient (Wildman–Crippen LogP) is 2.41. The first kappa shape index (κ1) is 30.9. The van der Waals surface area contributed by atoms with Crippen molar-refractivity contribution in [2.45, 2.75) is 25.4 Å². The van der Waals surface area contributed by atoms with Crippen LogP contribution in [0.5, 0.6) is 0 Å². The number of aryl methyl sites for hydroxylation is 1. The number of nitrogens with one attached hydrogen (secondary N) is 2. The van der Waals surface area contributed by atoms with Crippen molar-refractivity contribution < 1.29 is 19.1 Å². The fourth-order valence-electron chi connectivity index (χ4n) is 6.08. The minimum absolute atomic E-state index is 0.213. The van der Waals surface area contributed by atoms with Crippen LogP contribution >= 0.6 is 0 Å². The predicted molar refractivity (Wildman–Crippen MR) is 173 cm³/mol. The average molecular weight is 623 g/mol.